The number of benzene rings is 2. The van der Waals surface area contributed by atoms with Crippen LogP contribution in [-0.4, -0.2) is 41.2 Å². The SMILES string of the molecule is CC(C)(CNC(=O)C(=O)Nc1ccc(NC(=O)C2CC2)cc1)N1CCc2ccccc2C1. The van der Waals surface area contributed by atoms with E-state index in [0.29, 0.717) is 17.9 Å². The molecule has 0 bridgehead atoms. The van der Waals surface area contributed by atoms with Gasteiger partial charge in [-0.3, -0.25) is 19.3 Å². The van der Waals surface area contributed by atoms with Crippen LogP contribution in [0.3, 0.4) is 0 Å². The van der Waals surface area contributed by atoms with Gasteiger partial charge in [0.25, 0.3) is 0 Å². The van der Waals surface area contributed by atoms with Crippen molar-refractivity contribution in [2.75, 3.05) is 23.7 Å². The molecule has 0 unspecified atom stereocenters. The molecule has 0 atom stereocenters. The van der Waals surface area contributed by atoms with Gasteiger partial charge in [-0.15, -0.1) is 0 Å². The fourth-order valence-corrected chi connectivity index (χ4v) is 3.92. The van der Waals surface area contributed by atoms with Gasteiger partial charge in [0, 0.05) is 42.5 Å². The van der Waals surface area contributed by atoms with Gasteiger partial charge in [0.05, 0.1) is 0 Å². The monoisotopic (exact) mass is 434 g/mol. The molecular formula is C25H30N4O3. The van der Waals surface area contributed by atoms with E-state index in [1.165, 1.54) is 11.1 Å². The molecule has 1 aliphatic heterocycles. The van der Waals surface area contributed by atoms with Crippen LogP contribution in [-0.2, 0) is 27.3 Å². The fourth-order valence-electron chi connectivity index (χ4n) is 3.92. The average molecular weight is 435 g/mol. The summed E-state index contributed by atoms with van der Waals surface area (Å²) >= 11 is 0. The Balaban J connectivity index is 1.26. The normalized spacial score (nSPS) is 16.1. The van der Waals surface area contributed by atoms with Crippen LogP contribution in [0.1, 0.15) is 37.8 Å². The predicted octanol–water partition coefficient (Wildman–Crippen LogP) is 2.93. The molecule has 3 N–H and O–H groups in total. The second-order valence-electron chi connectivity index (χ2n) is 9.23. The molecule has 7 heteroatoms. The highest BCUT2D eigenvalue weighted by Crippen LogP contribution is 2.30. The molecule has 32 heavy (non-hydrogen) atoms. The van der Waals surface area contributed by atoms with Gasteiger partial charge < -0.3 is 16.0 Å². The number of nitrogens with one attached hydrogen (secondary N) is 3. The zero-order valence-corrected chi connectivity index (χ0v) is 18.6. The maximum absolute atomic E-state index is 12.4. The molecule has 1 aliphatic carbocycles. The molecule has 2 aliphatic rings. The molecule has 1 saturated carbocycles. The molecule has 1 heterocycles. The summed E-state index contributed by atoms with van der Waals surface area (Å²) in [5.41, 5.74) is 3.58. The van der Waals surface area contributed by atoms with Gasteiger partial charge in [-0.1, -0.05) is 24.3 Å². The Hall–Kier alpha value is -3.19. The molecule has 168 valence electrons. The third kappa shape index (κ3) is 5.34. The second kappa shape index (κ2) is 9.12. The van der Waals surface area contributed by atoms with Crippen molar-refractivity contribution in [3.05, 3.63) is 59.7 Å². The molecule has 0 radical (unpaired) electrons. The zero-order valence-electron chi connectivity index (χ0n) is 18.6. The summed E-state index contributed by atoms with van der Waals surface area (Å²) in [5, 5.41) is 8.23. The molecule has 0 aromatic heterocycles. The lowest BCUT2D eigenvalue weighted by molar-refractivity contribution is -0.136. The van der Waals surface area contributed by atoms with Gasteiger partial charge in [0.2, 0.25) is 5.91 Å². The summed E-state index contributed by atoms with van der Waals surface area (Å²) < 4.78 is 0. The fraction of sp³-hybridized carbons (Fsp3) is 0.400. The number of hydrogen-bond acceptors (Lipinski definition) is 4. The van der Waals surface area contributed by atoms with E-state index in [4.69, 9.17) is 0 Å². The Bertz CT molecular complexity index is 1010. The highest BCUT2D eigenvalue weighted by Gasteiger charge is 2.31. The molecule has 4 rings (SSSR count). The molecule has 1 fully saturated rings. The Labute approximate surface area is 188 Å². The van der Waals surface area contributed by atoms with Gasteiger partial charge in [-0.2, -0.15) is 0 Å². The maximum atomic E-state index is 12.4. The van der Waals surface area contributed by atoms with Gasteiger partial charge >= 0.3 is 11.8 Å². The Morgan fingerprint density at radius 3 is 2.19 bits per heavy atom. The number of rotatable bonds is 6. The predicted molar refractivity (Wildman–Crippen MR) is 124 cm³/mol. The van der Waals surface area contributed by atoms with Gasteiger partial charge in [-0.25, -0.2) is 0 Å². The third-order valence-electron chi connectivity index (χ3n) is 6.23. The lowest BCUT2D eigenvalue weighted by Crippen LogP contribution is -2.54. The number of carbonyl (C=O) groups is 3. The van der Waals surface area contributed by atoms with E-state index < -0.39 is 11.8 Å². The number of fused-ring (bicyclic) bond motifs is 1. The maximum Gasteiger partial charge on any atom is 0.313 e. The van der Waals surface area contributed by atoms with E-state index in [1.54, 1.807) is 24.3 Å². The van der Waals surface area contributed by atoms with Crippen molar-refractivity contribution in [1.29, 1.82) is 0 Å². The van der Waals surface area contributed by atoms with Gasteiger partial charge in [-0.05, 0) is 68.5 Å². The van der Waals surface area contributed by atoms with Gasteiger partial charge in [0.15, 0.2) is 0 Å². The van der Waals surface area contributed by atoms with Crippen LogP contribution in [0.4, 0.5) is 11.4 Å². The van der Waals surface area contributed by atoms with Crippen LogP contribution < -0.4 is 16.0 Å². The minimum Gasteiger partial charge on any atom is -0.346 e. The van der Waals surface area contributed by atoms with Crippen molar-refractivity contribution in [3.8, 4) is 0 Å². The number of anilines is 2. The molecular weight excluding hydrogens is 404 g/mol. The van der Waals surface area contributed by atoms with E-state index in [0.717, 1.165) is 32.4 Å². The quantitative estimate of drug-likeness (QED) is 0.610. The van der Waals surface area contributed by atoms with Crippen molar-refractivity contribution < 1.29 is 14.4 Å². The molecule has 2 aromatic carbocycles. The molecule has 2 aromatic rings. The van der Waals surface area contributed by atoms with Gasteiger partial charge in [0.1, 0.15) is 0 Å². The first-order valence-corrected chi connectivity index (χ1v) is 11.1. The molecule has 0 saturated heterocycles. The minimum absolute atomic E-state index is 0.0287. The Morgan fingerprint density at radius 1 is 0.906 bits per heavy atom. The largest absolute Gasteiger partial charge is 0.346 e. The Kier molecular flexibility index (Phi) is 6.28. The highest BCUT2D eigenvalue weighted by molar-refractivity contribution is 6.39. The van der Waals surface area contributed by atoms with Crippen LogP contribution in [0.15, 0.2) is 48.5 Å². The average Bonchev–Trinajstić information content (AvgIpc) is 3.64. The summed E-state index contributed by atoms with van der Waals surface area (Å²) in [7, 11) is 0. The summed E-state index contributed by atoms with van der Waals surface area (Å²) in [6.45, 7) is 6.26. The van der Waals surface area contributed by atoms with E-state index in [9.17, 15) is 14.4 Å². The summed E-state index contributed by atoms with van der Waals surface area (Å²) in [6.07, 6.45) is 2.86. The smallest absolute Gasteiger partial charge is 0.313 e. The second-order valence-corrected chi connectivity index (χ2v) is 9.23. The van der Waals surface area contributed by atoms with E-state index in [1.807, 2.05) is 0 Å². The van der Waals surface area contributed by atoms with Crippen LogP contribution >= 0.6 is 0 Å². The van der Waals surface area contributed by atoms with Crippen molar-refractivity contribution in [3.63, 3.8) is 0 Å². The summed E-state index contributed by atoms with van der Waals surface area (Å²) in [4.78, 5) is 38.8. The number of nitrogens with zero attached hydrogens (tertiary/aromatic N) is 1. The lowest BCUT2D eigenvalue weighted by Gasteiger charge is -2.41. The zero-order chi connectivity index (χ0) is 22.7. The van der Waals surface area contributed by atoms with E-state index in [-0.39, 0.29) is 17.4 Å². The third-order valence-corrected chi connectivity index (χ3v) is 6.23. The first-order valence-electron chi connectivity index (χ1n) is 11.1. The first kappa shape index (κ1) is 22.0. The van der Waals surface area contributed by atoms with Crippen molar-refractivity contribution in [2.45, 2.75) is 45.2 Å². The van der Waals surface area contributed by atoms with E-state index in [2.05, 4.69) is 59.0 Å². The van der Waals surface area contributed by atoms with Crippen molar-refractivity contribution >= 4 is 29.1 Å². The topological polar surface area (TPSA) is 90.5 Å². The molecule has 0 spiro atoms. The van der Waals surface area contributed by atoms with Crippen LogP contribution in [0.2, 0.25) is 0 Å². The van der Waals surface area contributed by atoms with Crippen LogP contribution in [0.5, 0.6) is 0 Å². The highest BCUT2D eigenvalue weighted by atomic mass is 16.2. The number of amides is 3. The number of carbonyl (C=O) groups excluding carboxylic acids is 3. The molecule has 3 amide bonds. The van der Waals surface area contributed by atoms with Crippen LogP contribution in [0.25, 0.3) is 0 Å². The molecule has 7 nitrogen and oxygen atoms in total. The van der Waals surface area contributed by atoms with E-state index >= 15 is 0 Å². The summed E-state index contributed by atoms with van der Waals surface area (Å²) in [5.74, 6) is -1.22. The van der Waals surface area contributed by atoms with Crippen molar-refractivity contribution in [2.24, 2.45) is 5.92 Å². The standard InChI is InChI=1S/C25H30N4O3/c1-25(2,29-14-13-17-5-3-4-6-19(17)15-29)16-26-23(31)24(32)28-21-11-9-20(10-12-21)27-22(30)18-7-8-18/h3-6,9-12,18H,7-8,13-16H2,1-2H3,(H,26,31)(H,27,30)(H,28,32). The van der Waals surface area contributed by atoms with Crippen LogP contribution in [0, 0.1) is 5.92 Å². The lowest BCUT2D eigenvalue weighted by atomic mass is 9.94. The summed E-state index contributed by atoms with van der Waals surface area (Å²) in [6, 6.07) is 15.2. The minimum atomic E-state index is -0.709. The Morgan fingerprint density at radius 2 is 1.53 bits per heavy atom. The van der Waals surface area contributed by atoms with Crippen molar-refractivity contribution in [1.82, 2.24) is 10.2 Å². The first-order chi connectivity index (χ1) is 15.3. The number of hydrogen-bond donors (Lipinski definition) is 3.